The Morgan fingerprint density at radius 2 is 1.93 bits per heavy atom. The molecule has 0 saturated heterocycles. The molecule has 1 aliphatic carbocycles. The summed E-state index contributed by atoms with van der Waals surface area (Å²) < 4.78 is 18.8. The number of fused-ring (bicyclic) bond motifs is 1. The Hall–Kier alpha value is -2.78. The SMILES string of the molecule is C=C/C(=C\C=C/C)CC.CCCc1cc(Cl)ccc1C1COc2ccc(SNC=O)cc2N(CC2CCC2)C1.CCNC.COF. The summed E-state index contributed by atoms with van der Waals surface area (Å²) >= 11 is 7.64. The van der Waals surface area contributed by atoms with E-state index >= 15 is 0 Å². The fourth-order valence-electron chi connectivity index (χ4n) is 4.99. The highest BCUT2D eigenvalue weighted by Crippen LogP contribution is 2.40. The molecule has 1 unspecified atom stereocenters. The quantitative estimate of drug-likeness (QED) is 0.133. The number of benzene rings is 2. The second-order valence-electron chi connectivity index (χ2n) is 11.0. The topological polar surface area (TPSA) is 62.8 Å². The van der Waals surface area contributed by atoms with Crippen LogP contribution < -0.4 is 19.7 Å². The van der Waals surface area contributed by atoms with Crippen LogP contribution in [-0.2, 0) is 16.2 Å². The Labute approximate surface area is 286 Å². The molecule has 256 valence electrons. The summed E-state index contributed by atoms with van der Waals surface area (Å²) in [4.78, 5) is 17.0. The molecule has 1 atom stereocenters. The minimum Gasteiger partial charge on any atom is -0.491 e. The van der Waals surface area contributed by atoms with Crippen LogP contribution in [0.4, 0.5) is 10.2 Å². The molecule has 2 aromatic carbocycles. The van der Waals surface area contributed by atoms with E-state index in [1.54, 1.807) is 0 Å². The number of hydrogen-bond acceptors (Lipinski definition) is 6. The highest BCUT2D eigenvalue weighted by Gasteiger charge is 2.29. The second kappa shape index (κ2) is 25.3. The third kappa shape index (κ3) is 15.2. The number of allylic oxidation sites excluding steroid dienone is 5. The Bertz CT molecular complexity index is 1200. The first-order chi connectivity index (χ1) is 22.3. The molecule has 1 aliphatic heterocycles. The normalized spacial score (nSPS) is 15.7. The number of nitrogens with zero attached hydrogens (tertiary/aromatic N) is 1. The van der Waals surface area contributed by atoms with Crippen LogP contribution in [0.2, 0.25) is 5.02 Å². The van der Waals surface area contributed by atoms with Crippen LogP contribution in [0, 0.1) is 5.92 Å². The molecule has 46 heavy (non-hydrogen) atoms. The van der Waals surface area contributed by atoms with Gasteiger partial charge in [-0.3, -0.25) is 9.52 Å². The van der Waals surface area contributed by atoms with E-state index < -0.39 is 0 Å². The van der Waals surface area contributed by atoms with E-state index in [0.29, 0.717) is 18.9 Å². The van der Waals surface area contributed by atoms with Crippen molar-refractivity contribution in [1.82, 2.24) is 10.0 Å². The van der Waals surface area contributed by atoms with Crippen molar-refractivity contribution in [3.05, 3.63) is 89.0 Å². The summed E-state index contributed by atoms with van der Waals surface area (Å²) in [6.45, 7) is 15.8. The summed E-state index contributed by atoms with van der Waals surface area (Å²) in [6, 6.07) is 12.5. The summed E-state index contributed by atoms with van der Waals surface area (Å²) in [5.41, 5.74) is 5.10. The Balaban J connectivity index is 0.000000551. The number of carbonyl (C=O) groups excluding carboxylic acids is 1. The first-order valence-corrected chi connectivity index (χ1v) is 17.4. The highest BCUT2D eigenvalue weighted by atomic mass is 35.5. The van der Waals surface area contributed by atoms with Gasteiger partial charge in [0.05, 0.1) is 19.4 Å². The van der Waals surface area contributed by atoms with E-state index in [1.807, 2.05) is 50.4 Å². The molecule has 1 fully saturated rings. The summed E-state index contributed by atoms with van der Waals surface area (Å²) in [5, 5.41) is 3.73. The Morgan fingerprint density at radius 3 is 2.48 bits per heavy atom. The van der Waals surface area contributed by atoms with Gasteiger partial charge >= 0.3 is 0 Å². The fraction of sp³-hybridized carbons (Fsp3) is 0.486. The summed E-state index contributed by atoms with van der Waals surface area (Å²) in [7, 11) is 2.89. The van der Waals surface area contributed by atoms with Crippen molar-refractivity contribution in [3.8, 4) is 5.75 Å². The molecule has 9 heteroatoms. The molecule has 4 rings (SSSR count). The molecule has 0 spiro atoms. The van der Waals surface area contributed by atoms with Crippen LogP contribution in [0.5, 0.6) is 5.75 Å². The lowest BCUT2D eigenvalue weighted by Crippen LogP contribution is -2.35. The third-order valence-electron chi connectivity index (χ3n) is 7.67. The van der Waals surface area contributed by atoms with Gasteiger partial charge in [0.1, 0.15) is 5.75 Å². The first-order valence-electron chi connectivity index (χ1n) is 16.3. The Kier molecular flexibility index (Phi) is 22.7. The number of nitrogens with one attached hydrogen (secondary N) is 2. The number of carbonyl (C=O) groups is 1. The van der Waals surface area contributed by atoms with E-state index in [1.165, 1.54) is 47.9 Å². The van der Waals surface area contributed by atoms with Gasteiger partial charge in [-0.05, 0) is 116 Å². The largest absolute Gasteiger partial charge is 0.491 e. The molecule has 0 radical (unpaired) electrons. The zero-order valence-corrected chi connectivity index (χ0v) is 30.2. The first kappa shape index (κ1) is 41.2. The standard InChI is InChI=1S/C24H29ClN2O2S.C9H14.C3H9N.CH3FO/c1-2-4-18-11-20(25)7-9-22(18)19-14-27(13-17-5-3-6-17)23-12-21(30-26-16-28)8-10-24(23)29-15-19;1-4-7-8-9(5-2)6-3;1-3-4-2;1-3-2/h7-12,16-17,19H,2-6,13-15H2,1H3,(H,26,28);4-5,7-8H,2,6H2,1,3H3;4H,3H2,1-2H3;1H3/b;7-4-,9-8+;;. The van der Waals surface area contributed by atoms with E-state index in [2.05, 4.69) is 71.5 Å². The van der Waals surface area contributed by atoms with Crippen molar-refractivity contribution in [1.29, 1.82) is 0 Å². The lowest BCUT2D eigenvalue weighted by Gasteiger charge is -2.35. The van der Waals surface area contributed by atoms with Crippen molar-refractivity contribution >= 4 is 35.6 Å². The molecular formula is C37H55ClFN3O3S. The van der Waals surface area contributed by atoms with Crippen molar-refractivity contribution in [2.75, 3.05) is 45.3 Å². The van der Waals surface area contributed by atoms with E-state index in [-0.39, 0.29) is 0 Å². The van der Waals surface area contributed by atoms with Crippen LogP contribution in [0.3, 0.4) is 0 Å². The van der Waals surface area contributed by atoms with Gasteiger partial charge in [-0.25, -0.2) is 0 Å². The highest BCUT2D eigenvalue weighted by molar-refractivity contribution is 7.97. The molecule has 0 bridgehead atoms. The fourth-order valence-corrected chi connectivity index (χ4v) is 5.67. The van der Waals surface area contributed by atoms with E-state index in [9.17, 15) is 9.32 Å². The molecule has 2 aliphatic rings. The van der Waals surface area contributed by atoms with Crippen LogP contribution in [0.15, 0.2) is 77.7 Å². The van der Waals surface area contributed by atoms with Gasteiger partial charge in [-0.1, -0.05) is 82.2 Å². The van der Waals surface area contributed by atoms with E-state index in [0.717, 1.165) is 73.3 Å². The van der Waals surface area contributed by atoms with Crippen LogP contribution >= 0.6 is 23.5 Å². The maximum Gasteiger partial charge on any atom is 0.217 e. The third-order valence-corrected chi connectivity index (χ3v) is 8.61. The number of aryl methyl sites for hydroxylation is 1. The predicted molar refractivity (Wildman–Crippen MR) is 196 cm³/mol. The minimum absolute atomic E-state index is 0.292. The zero-order chi connectivity index (χ0) is 34.2. The Morgan fingerprint density at radius 1 is 1.22 bits per heavy atom. The van der Waals surface area contributed by atoms with Gasteiger partial charge in [0.2, 0.25) is 6.41 Å². The lowest BCUT2D eigenvalue weighted by molar-refractivity contribution is -0.107. The van der Waals surface area contributed by atoms with Gasteiger partial charge < -0.3 is 15.0 Å². The zero-order valence-electron chi connectivity index (χ0n) is 28.6. The molecule has 0 aromatic heterocycles. The van der Waals surface area contributed by atoms with Crippen molar-refractivity contribution in [3.63, 3.8) is 0 Å². The molecular weight excluding hydrogens is 621 g/mol. The maximum atomic E-state index is 10.7. The second-order valence-corrected chi connectivity index (χ2v) is 12.3. The molecule has 2 aromatic rings. The monoisotopic (exact) mass is 675 g/mol. The number of ether oxygens (including phenoxy) is 1. The number of anilines is 1. The lowest BCUT2D eigenvalue weighted by atomic mass is 9.84. The van der Waals surface area contributed by atoms with Gasteiger partial charge in [-0.15, -0.1) is 0 Å². The van der Waals surface area contributed by atoms with Crippen LogP contribution in [-0.4, -0.2) is 46.8 Å². The smallest absolute Gasteiger partial charge is 0.217 e. The number of hydrogen-bond donors (Lipinski definition) is 2. The van der Waals surface area contributed by atoms with E-state index in [4.69, 9.17) is 16.3 Å². The maximum absolute atomic E-state index is 10.7. The minimum atomic E-state index is 0.292. The van der Waals surface area contributed by atoms with Crippen molar-refractivity contribution < 1.29 is 19.0 Å². The van der Waals surface area contributed by atoms with Gasteiger partial charge in [0.15, 0.2) is 0 Å². The summed E-state index contributed by atoms with van der Waals surface area (Å²) in [5.74, 6) is 1.97. The molecule has 1 saturated carbocycles. The number of halogens is 2. The van der Waals surface area contributed by atoms with Crippen LogP contribution in [0.1, 0.15) is 76.8 Å². The number of amides is 1. The van der Waals surface area contributed by atoms with Crippen molar-refractivity contribution in [2.24, 2.45) is 5.92 Å². The summed E-state index contributed by atoms with van der Waals surface area (Å²) in [6.07, 6.45) is 15.9. The average Bonchev–Trinajstić information content (AvgIpc) is 3.22. The van der Waals surface area contributed by atoms with Crippen LogP contribution in [0.25, 0.3) is 0 Å². The molecule has 2 N–H and O–H groups in total. The van der Waals surface area contributed by atoms with Gasteiger partial charge in [-0.2, -0.15) is 4.94 Å². The van der Waals surface area contributed by atoms with Gasteiger partial charge in [0.25, 0.3) is 0 Å². The predicted octanol–water partition coefficient (Wildman–Crippen LogP) is 9.66. The number of rotatable bonds is 12. The van der Waals surface area contributed by atoms with Gasteiger partial charge in [0, 0.05) is 28.9 Å². The van der Waals surface area contributed by atoms with Crippen molar-refractivity contribution in [2.45, 2.75) is 77.0 Å². The average molecular weight is 676 g/mol. The molecule has 6 nitrogen and oxygen atoms in total. The molecule has 1 heterocycles. The molecule has 1 amide bonds.